The fraction of sp³-hybridized carbons (Fsp3) is 0.733. The van der Waals surface area contributed by atoms with E-state index in [-0.39, 0.29) is 12.5 Å². The summed E-state index contributed by atoms with van der Waals surface area (Å²) in [5, 5.41) is 9.13. The predicted octanol–water partition coefficient (Wildman–Crippen LogP) is 2.09. The minimum atomic E-state index is 0.265. The van der Waals surface area contributed by atoms with E-state index in [0.29, 0.717) is 11.7 Å². The van der Waals surface area contributed by atoms with Gasteiger partial charge >= 0.3 is 0 Å². The maximum Gasteiger partial charge on any atom is 0.137 e. The number of nitrogen functional groups attached to an aromatic ring is 1. The summed E-state index contributed by atoms with van der Waals surface area (Å²) in [5.74, 6) is 3.20. The summed E-state index contributed by atoms with van der Waals surface area (Å²) < 4.78 is 0. The lowest BCUT2D eigenvalue weighted by Crippen LogP contribution is -2.37. The first-order valence-corrected chi connectivity index (χ1v) is 7.52. The van der Waals surface area contributed by atoms with Crippen LogP contribution in [0.2, 0.25) is 0 Å². The number of rotatable bonds is 4. The minimum absolute atomic E-state index is 0.265. The van der Waals surface area contributed by atoms with Gasteiger partial charge in [0.15, 0.2) is 0 Å². The van der Waals surface area contributed by atoms with Gasteiger partial charge in [-0.3, -0.25) is 0 Å². The van der Waals surface area contributed by atoms with Crippen molar-refractivity contribution in [1.29, 1.82) is 0 Å². The molecule has 1 saturated heterocycles. The number of aromatic nitrogens is 2. The molecule has 1 aliphatic rings. The summed E-state index contributed by atoms with van der Waals surface area (Å²) in [7, 11) is 0. The molecule has 1 fully saturated rings. The molecule has 1 unspecified atom stereocenters. The molecule has 0 amide bonds. The molecule has 0 saturated carbocycles. The van der Waals surface area contributed by atoms with Crippen LogP contribution in [0.1, 0.15) is 50.4 Å². The molecule has 3 N–H and O–H groups in total. The fourth-order valence-electron chi connectivity index (χ4n) is 2.78. The number of aliphatic hydroxyl groups is 1. The lowest BCUT2D eigenvalue weighted by molar-refractivity contribution is 0.244. The Morgan fingerprint density at radius 3 is 2.80 bits per heavy atom. The first-order valence-electron chi connectivity index (χ1n) is 7.52. The van der Waals surface area contributed by atoms with Crippen LogP contribution in [0.5, 0.6) is 0 Å². The lowest BCUT2D eigenvalue weighted by Gasteiger charge is -2.34. The van der Waals surface area contributed by atoms with Crippen molar-refractivity contribution in [3.63, 3.8) is 0 Å². The summed E-state index contributed by atoms with van der Waals surface area (Å²) in [6.07, 6.45) is 3.20. The van der Waals surface area contributed by atoms with Crippen LogP contribution in [0.25, 0.3) is 0 Å². The third-order valence-electron chi connectivity index (χ3n) is 4.05. The molecule has 0 aliphatic carbocycles. The molecule has 1 atom stereocenters. The number of anilines is 2. The van der Waals surface area contributed by atoms with Crippen LogP contribution < -0.4 is 10.6 Å². The third-order valence-corrected chi connectivity index (χ3v) is 4.05. The third kappa shape index (κ3) is 3.20. The van der Waals surface area contributed by atoms with Crippen LogP contribution in [0.15, 0.2) is 0 Å². The molecule has 1 aromatic rings. The Labute approximate surface area is 121 Å². The normalized spacial score (nSPS) is 19.6. The number of nitrogens with two attached hydrogens (primary N) is 1. The van der Waals surface area contributed by atoms with E-state index in [4.69, 9.17) is 15.8 Å². The van der Waals surface area contributed by atoms with Gasteiger partial charge in [0.1, 0.15) is 17.5 Å². The van der Waals surface area contributed by atoms with Crippen LogP contribution in [-0.4, -0.2) is 34.8 Å². The van der Waals surface area contributed by atoms with Crippen molar-refractivity contribution in [2.45, 2.75) is 46.0 Å². The molecule has 20 heavy (non-hydrogen) atoms. The zero-order chi connectivity index (χ0) is 14.7. The Hall–Kier alpha value is -1.36. The van der Waals surface area contributed by atoms with Gasteiger partial charge in [-0.25, -0.2) is 9.97 Å². The number of nitrogens with zero attached hydrogens (tertiary/aromatic N) is 3. The molecule has 0 aromatic carbocycles. The molecule has 2 heterocycles. The monoisotopic (exact) mass is 278 g/mol. The van der Waals surface area contributed by atoms with Gasteiger partial charge in [-0.2, -0.15) is 0 Å². The van der Waals surface area contributed by atoms with E-state index in [1.807, 2.05) is 6.92 Å². The molecule has 5 heteroatoms. The van der Waals surface area contributed by atoms with Gasteiger partial charge in [-0.05, 0) is 32.1 Å². The van der Waals surface area contributed by atoms with Crippen molar-refractivity contribution >= 4 is 11.6 Å². The molecular formula is C15H26N4O. The van der Waals surface area contributed by atoms with Crippen molar-refractivity contribution in [3.8, 4) is 0 Å². The summed E-state index contributed by atoms with van der Waals surface area (Å²) in [6, 6.07) is 0. The van der Waals surface area contributed by atoms with Gasteiger partial charge in [-0.1, -0.05) is 13.8 Å². The standard InChI is InChI=1S/C15H26N4O/c1-10(2)14-17-13(16)11(3)15(18-14)19-7-4-5-12(9-19)6-8-20/h10,12,20H,4-9H2,1-3H3,(H2,16,17,18). The highest BCUT2D eigenvalue weighted by molar-refractivity contribution is 5.56. The van der Waals surface area contributed by atoms with E-state index in [1.165, 1.54) is 6.42 Å². The zero-order valence-corrected chi connectivity index (χ0v) is 12.8. The topological polar surface area (TPSA) is 75.3 Å². The van der Waals surface area contributed by atoms with Crippen molar-refractivity contribution in [2.24, 2.45) is 5.92 Å². The van der Waals surface area contributed by atoms with E-state index in [1.54, 1.807) is 0 Å². The average molecular weight is 278 g/mol. The van der Waals surface area contributed by atoms with Crippen LogP contribution in [0.4, 0.5) is 11.6 Å². The molecule has 5 nitrogen and oxygen atoms in total. The maximum atomic E-state index is 9.13. The second kappa shape index (κ2) is 6.39. The highest BCUT2D eigenvalue weighted by atomic mass is 16.3. The molecule has 1 aromatic heterocycles. The number of hydrogen-bond acceptors (Lipinski definition) is 5. The van der Waals surface area contributed by atoms with E-state index in [0.717, 1.165) is 43.1 Å². The second-order valence-electron chi connectivity index (χ2n) is 6.04. The Morgan fingerprint density at radius 2 is 2.15 bits per heavy atom. The van der Waals surface area contributed by atoms with Crippen LogP contribution >= 0.6 is 0 Å². The van der Waals surface area contributed by atoms with Gasteiger partial charge in [0.2, 0.25) is 0 Å². The smallest absolute Gasteiger partial charge is 0.137 e. The molecule has 2 rings (SSSR count). The number of piperidine rings is 1. The van der Waals surface area contributed by atoms with Crippen molar-refractivity contribution in [1.82, 2.24) is 9.97 Å². The minimum Gasteiger partial charge on any atom is -0.396 e. The first-order chi connectivity index (χ1) is 9.52. The summed E-state index contributed by atoms with van der Waals surface area (Å²) in [6.45, 7) is 8.38. The van der Waals surface area contributed by atoms with E-state index in [9.17, 15) is 0 Å². The SMILES string of the molecule is Cc1c(N)nc(C(C)C)nc1N1CCCC(CCO)C1. The number of hydrogen-bond donors (Lipinski definition) is 2. The summed E-state index contributed by atoms with van der Waals surface area (Å²) >= 11 is 0. The van der Waals surface area contributed by atoms with Crippen molar-refractivity contribution < 1.29 is 5.11 Å². The van der Waals surface area contributed by atoms with Gasteiger partial charge in [0.05, 0.1) is 0 Å². The van der Waals surface area contributed by atoms with Crippen LogP contribution in [0, 0.1) is 12.8 Å². The van der Waals surface area contributed by atoms with Crippen LogP contribution in [-0.2, 0) is 0 Å². The number of aliphatic hydroxyl groups excluding tert-OH is 1. The van der Waals surface area contributed by atoms with Crippen molar-refractivity contribution in [3.05, 3.63) is 11.4 Å². The van der Waals surface area contributed by atoms with E-state index < -0.39 is 0 Å². The quantitative estimate of drug-likeness (QED) is 0.882. The van der Waals surface area contributed by atoms with Gasteiger partial charge in [0.25, 0.3) is 0 Å². The molecule has 0 bridgehead atoms. The lowest BCUT2D eigenvalue weighted by atomic mass is 9.95. The highest BCUT2D eigenvalue weighted by Gasteiger charge is 2.23. The zero-order valence-electron chi connectivity index (χ0n) is 12.8. The fourth-order valence-corrected chi connectivity index (χ4v) is 2.78. The molecule has 1 aliphatic heterocycles. The van der Waals surface area contributed by atoms with Crippen molar-refractivity contribution in [2.75, 3.05) is 30.3 Å². The van der Waals surface area contributed by atoms with E-state index in [2.05, 4.69) is 23.7 Å². The summed E-state index contributed by atoms with van der Waals surface area (Å²) in [4.78, 5) is 11.4. The molecule has 0 radical (unpaired) electrons. The van der Waals surface area contributed by atoms with Gasteiger partial charge < -0.3 is 15.7 Å². The molecular weight excluding hydrogens is 252 g/mol. The average Bonchev–Trinajstić information content (AvgIpc) is 2.42. The maximum absolute atomic E-state index is 9.13. The van der Waals surface area contributed by atoms with Gasteiger partial charge in [-0.15, -0.1) is 0 Å². The Bertz CT molecular complexity index is 459. The Morgan fingerprint density at radius 1 is 1.40 bits per heavy atom. The highest BCUT2D eigenvalue weighted by Crippen LogP contribution is 2.29. The Kier molecular flexibility index (Phi) is 4.81. The molecule has 112 valence electrons. The van der Waals surface area contributed by atoms with E-state index >= 15 is 0 Å². The predicted molar refractivity (Wildman–Crippen MR) is 81.9 cm³/mol. The van der Waals surface area contributed by atoms with Gasteiger partial charge in [0, 0.05) is 31.2 Å². The first kappa shape index (κ1) is 15.0. The Balaban J connectivity index is 2.26. The largest absolute Gasteiger partial charge is 0.396 e. The molecule has 0 spiro atoms. The second-order valence-corrected chi connectivity index (χ2v) is 6.04. The van der Waals surface area contributed by atoms with Crippen LogP contribution in [0.3, 0.4) is 0 Å². The summed E-state index contributed by atoms with van der Waals surface area (Å²) in [5.41, 5.74) is 7.01.